The lowest BCUT2D eigenvalue weighted by Crippen LogP contribution is -2.42. The van der Waals surface area contributed by atoms with Crippen molar-refractivity contribution < 1.29 is 19.1 Å². The van der Waals surface area contributed by atoms with Gasteiger partial charge in [0.15, 0.2) is 0 Å². The summed E-state index contributed by atoms with van der Waals surface area (Å²) in [5.41, 5.74) is 1.15. The number of nitrogens with zero attached hydrogens (tertiary/aromatic N) is 4. The number of nitrogens with one attached hydrogen (secondary N) is 2. The lowest BCUT2D eigenvalue weighted by atomic mass is 9.98. The first-order chi connectivity index (χ1) is 17.2. The second kappa shape index (κ2) is 10.8. The third-order valence-electron chi connectivity index (χ3n) is 5.86. The Morgan fingerprint density at radius 2 is 2.00 bits per heavy atom. The molecule has 0 aliphatic carbocycles. The standard InChI is InChI=1S/C26H32N6O4/c1-26(2,3)36-25(35)28-15-19-10-7-13-31(16-19)23-27-12-11-20(29-23)14-21-22(33)30-24(34)32(21)17-18-8-5-4-6-9-18/h4-6,8-9,11-12,14,19H,7,10,13,15-17H2,1-3H3,(H,28,35)(H,30,33,34)/b21-14-. The molecule has 190 valence electrons. The lowest BCUT2D eigenvalue weighted by molar-refractivity contribution is -0.116. The van der Waals surface area contributed by atoms with E-state index in [1.165, 1.54) is 4.90 Å². The van der Waals surface area contributed by atoms with Crippen molar-refractivity contribution in [2.45, 2.75) is 45.8 Å². The third kappa shape index (κ3) is 6.59. The molecule has 10 heteroatoms. The van der Waals surface area contributed by atoms with Gasteiger partial charge in [-0.25, -0.2) is 19.6 Å². The molecule has 1 unspecified atom stereocenters. The van der Waals surface area contributed by atoms with E-state index in [4.69, 9.17) is 4.74 Å². The Morgan fingerprint density at radius 3 is 2.75 bits per heavy atom. The number of rotatable bonds is 6. The van der Waals surface area contributed by atoms with Crippen LogP contribution in [-0.4, -0.2) is 58.1 Å². The zero-order chi connectivity index (χ0) is 25.7. The SMILES string of the molecule is CC(C)(C)OC(=O)NCC1CCCN(c2nccc(/C=C3/C(=O)NC(=O)N3Cc3ccccc3)n2)C1. The van der Waals surface area contributed by atoms with Gasteiger partial charge in [-0.1, -0.05) is 30.3 Å². The van der Waals surface area contributed by atoms with Crippen molar-refractivity contribution in [3.05, 3.63) is 59.5 Å². The highest BCUT2D eigenvalue weighted by Crippen LogP contribution is 2.23. The van der Waals surface area contributed by atoms with Gasteiger partial charge in [0.1, 0.15) is 11.3 Å². The first kappa shape index (κ1) is 25.2. The zero-order valence-electron chi connectivity index (χ0n) is 20.9. The summed E-state index contributed by atoms with van der Waals surface area (Å²) >= 11 is 0. The first-order valence-electron chi connectivity index (χ1n) is 12.1. The number of alkyl carbamates (subject to hydrolysis) is 1. The molecule has 10 nitrogen and oxygen atoms in total. The van der Waals surface area contributed by atoms with Gasteiger partial charge < -0.3 is 15.0 Å². The van der Waals surface area contributed by atoms with E-state index in [1.807, 2.05) is 51.1 Å². The second-order valence-electron chi connectivity index (χ2n) is 9.98. The van der Waals surface area contributed by atoms with Crippen molar-refractivity contribution in [1.29, 1.82) is 0 Å². The molecule has 4 rings (SSSR count). The summed E-state index contributed by atoms with van der Waals surface area (Å²) in [4.78, 5) is 49.5. The molecule has 1 aromatic carbocycles. The molecule has 36 heavy (non-hydrogen) atoms. The van der Waals surface area contributed by atoms with E-state index in [0.29, 0.717) is 24.7 Å². The predicted octanol–water partition coefficient (Wildman–Crippen LogP) is 3.31. The van der Waals surface area contributed by atoms with Gasteiger partial charge in [-0.15, -0.1) is 0 Å². The number of hydrogen-bond acceptors (Lipinski definition) is 7. The van der Waals surface area contributed by atoms with Gasteiger partial charge >= 0.3 is 12.1 Å². The Hall–Kier alpha value is -3.95. The number of piperidine rings is 1. The molecule has 1 atom stereocenters. The Kier molecular flexibility index (Phi) is 7.52. The summed E-state index contributed by atoms with van der Waals surface area (Å²) in [6.07, 6.45) is 4.76. The van der Waals surface area contributed by atoms with Gasteiger partial charge in [-0.2, -0.15) is 0 Å². The molecule has 2 aromatic rings. The van der Waals surface area contributed by atoms with E-state index in [1.54, 1.807) is 18.3 Å². The van der Waals surface area contributed by atoms with Crippen LogP contribution in [0.5, 0.6) is 0 Å². The average Bonchev–Trinajstić information content (AvgIpc) is 3.10. The van der Waals surface area contributed by atoms with Crippen LogP contribution < -0.4 is 15.5 Å². The predicted molar refractivity (Wildman–Crippen MR) is 135 cm³/mol. The molecule has 0 radical (unpaired) electrons. The molecular formula is C26H32N6O4. The summed E-state index contributed by atoms with van der Waals surface area (Å²) in [5, 5.41) is 5.21. The number of aromatic nitrogens is 2. The summed E-state index contributed by atoms with van der Waals surface area (Å²) < 4.78 is 5.33. The zero-order valence-corrected chi connectivity index (χ0v) is 20.9. The molecule has 2 aliphatic heterocycles. The molecule has 0 bridgehead atoms. The van der Waals surface area contributed by atoms with Crippen LogP contribution in [0.1, 0.15) is 44.9 Å². The monoisotopic (exact) mass is 492 g/mol. The smallest absolute Gasteiger partial charge is 0.407 e. The van der Waals surface area contributed by atoms with E-state index in [2.05, 4.69) is 25.5 Å². The maximum atomic E-state index is 12.5. The van der Waals surface area contributed by atoms with Crippen molar-refractivity contribution in [1.82, 2.24) is 25.5 Å². The van der Waals surface area contributed by atoms with Crippen molar-refractivity contribution in [2.24, 2.45) is 5.92 Å². The number of carbonyl (C=O) groups is 3. The van der Waals surface area contributed by atoms with Gasteiger partial charge in [0.2, 0.25) is 5.95 Å². The number of anilines is 1. The van der Waals surface area contributed by atoms with Gasteiger partial charge in [0, 0.05) is 25.8 Å². The van der Waals surface area contributed by atoms with Crippen molar-refractivity contribution in [3.8, 4) is 0 Å². The molecule has 4 amide bonds. The molecule has 2 fully saturated rings. The van der Waals surface area contributed by atoms with Gasteiger partial charge in [-0.05, 0) is 57.2 Å². The fraction of sp³-hybridized carbons (Fsp3) is 0.423. The molecule has 2 N–H and O–H groups in total. The Bertz CT molecular complexity index is 1140. The minimum atomic E-state index is -0.539. The fourth-order valence-electron chi connectivity index (χ4n) is 4.22. The van der Waals surface area contributed by atoms with Crippen LogP contribution in [-0.2, 0) is 16.1 Å². The largest absolute Gasteiger partial charge is 0.444 e. The molecule has 0 spiro atoms. The van der Waals surface area contributed by atoms with E-state index < -0.39 is 23.6 Å². The summed E-state index contributed by atoms with van der Waals surface area (Å²) in [6, 6.07) is 10.7. The summed E-state index contributed by atoms with van der Waals surface area (Å²) in [6.45, 7) is 7.77. The highest BCUT2D eigenvalue weighted by atomic mass is 16.6. The fourth-order valence-corrected chi connectivity index (χ4v) is 4.22. The number of benzene rings is 1. The second-order valence-corrected chi connectivity index (χ2v) is 9.98. The van der Waals surface area contributed by atoms with Crippen molar-refractivity contribution in [2.75, 3.05) is 24.5 Å². The summed E-state index contributed by atoms with van der Waals surface area (Å²) in [7, 11) is 0. The van der Waals surface area contributed by atoms with Crippen LogP contribution in [0.15, 0.2) is 48.3 Å². The van der Waals surface area contributed by atoms with Crippen LogP contribution >= 0.6 is 0 Å². The quantitative estimate of drug-likeness (QED) is 0.469. The van der Waals surface area contributed by atoms with E-state index in [9.17, 15) is 14.4 Å². The van der Waals surface area contributed by atoms with Gasteiger partial charge in [0.25, 0.3) is 5.91 Å². The minimum Gasteiger partial charge on any atom is -0.444 e. The van der Waals surface area contributed by atoms with Crippen molar-refractivity contribution in [3.63, 3.8) is 0 Å². The van der Waals surface area contributed by atoms with Crippen molar-refractivity contribution >= 4 is 30.1 Å². The topological polar surface area (TPSA) is 117 Å². The molecule has 1 aromatic heterocycles. The number of urea groups is 1. The maximum absolute atomic E-state index is 12.5. The van der Waals surface area contributed by atoms with Gasteiger partial charge in [-0.3, -0.25) is 15.0 Å². The highest BCUT2D eigenvalue weighted by molar-refractivity contribution is 6.13. The minimum absolute atomic E-state index is 0.233. The molecule has 2 saturated heterocycles. The third-order valence-corrected chi connectivity index (χ3v) is 5.86. The average molecular weight is 493 g/mol. The van der Waals surface area contributed by atoms with Crippen LogP contribution in [0.4, 0.5) is 15.5 Å². The normalized spacial score (nSPS) is 19.4. The molecule has 2 aliphatic rings. The number of ether oxygens (including phenoxy) is 1. The number of amides is 4. The highest BCUT2D eigenvalue weighted by Gasteiger charge is 2.33. The van der Waals surface area contributed by atoms with Crippen LogP contribution in [0.2, 0.25) is 0 Å². The number of hydrogen-bond donors (Lipinski definition) is 2. The van der Waals surface area contributed by atoms with Gasteiger partial charge in [0.05, 0.1) is 12.2 Å². The van der Waals surface area contributed by atoms with E-state index >= 15 is 0 Å². The maximum Gasteiger partial charge on any atom is 0.407 e. The van der Waals surface area contributed by atoms with E-state index in [0.717, 1.165) is 24.9 Å². The van der Waals surface area contributed by atoms with Crippen LogP contribution in [0.3, 0.4) is 0 Å². The number of imide groups is 1. The molecular weight excluding hydrogens is 460 g/mol. The molecule has 0 saturated carbocycles. The molecule has 3 heterocycles. The first-order valence-corrected chi connectivity index (χ1v) is 12.1. The van der Waals surface area contributed by atoms with Crippen LogP contribution in [0.25, 0.3) is 6.08 Å². The van der Waals surface area contributed by atoms with Crippen LogP contribution in [0, 0.1) is 5.92 Å². The van der Waals surface area contributed by atoms with E-state index in [-0.39, 0.29) is 18.2 Å². The summed E-state index contributed by atoms with van der Waals surface area (Å²) in [5.74, 6) is 0.324. The Labute approximate surface area is 210 Å². The number of carbonyl (C=O) groups excluding carboxylic acids is 3. The lowest BCUT2D eigenvalue weighted by Gasteiger charge is -2.33. The Balaban J connectivity index is 1.44. The Morgan fingerprint density at radius 1 is 1.22 bits per heavy atom.